The molecule has 0 spiro atoms. The number of fused-ring (bicyclic) bond motifs is 6. The highest BCUT2D eigenvalue weighted by molar-refractivity contribution is 6.11. The maximum atomic E-state index is 5.32. The maximum Gasteiger partial charge on any atom is 0.238 e. The van der Waals surface area contributed by atoms with Gasteiger partial charge >= 0.3 is 0 Å². The molecule has 3 heterocycles. The van der Waals surface area contributed by atoms with Crippen molar-refractivity contribution in [3.63, 3.8) is 0 Å². The molecule has 0 fully saturated rings. The highest BCUT2D eigenvalue weighted by Crippen LogP contribution is 2.38. The average Bonchev–Trinajstić information content (AvgIpc) is 3.79. The van der Waals surface area contributed by atoms with Crippen molar-refractivity contribution < 1.29 is 0 Å². The molecule has 0 radical (unpaired) electrons. The molecule has 3 aromatic heterocycles. The summed E-state index contributed by atoms with van der Waals surface area (Å²) in [7, 11) is 0. The van der Waals surface area contributed by atoms with Crippen molar-refractivity contribution in [1.29, 1.82) is 0 Å². The highest BCUT2D eigenvalue weighted by Gasteiger charge is 2.21. The first kappa shape index (κ1) is 32.1. The van der Waals surface area contributed by atoms with Crippen molar-refractivity contribution in [2.45, 2.75) is 12.8 Å². The fraction of sp³-hybridized carbons (Fsp3) is 0.0392. The first-order valence-electron chi connectivity index (χ1n) is 19.2. The van der Waals surface area contributed by atoms with Gasteiger partial charge in [0, 0.05) is 38.7 Å². The number of aryl methyl sites for hydroxylation is 1. The zero-order chi connectivity index (χ0) is 37.0. The Labute approximate surface area is 324 Å². The molecule has 0 amide bonds. The minimum atomic E-state index is 0.575. The Morgan fingerprint density at radius 1 is 0.393 bits per heavy atom. The van der Waals surface area contributed by atoms with Crippen LogP contribution in [0.2, 0.25) is 0 Å². The van der Waals surface area contributed by atoms with Crippen LogP contribution in [0.15, 0.2) is 182 Å². The van der Waals surface area contributed by atoms with E-state index in [1.54, 1.807) is 0 Å². The molecule has 10 aromatic rings. The van der Waals surface area contributed by atoms with Gasteiger partial charge in [-0.15, -0.1) is 0 Å². The fourth-order valence-corrected chi connectivity index (χ4v) is 8.42. The summed E-state index contributed by atoms with van der Waals surface area (Å²) >= 11 is 0. The fourth-order valence-electron chi connectivity index (χ4n) is 8.42. The van der Waals surface area contributed by atoms with Gasteiger partial charge in [-0.05, 0) is 89.2 Å². The molecular weight excluding hydrogens is 683 g/mol. The summed E-state index contributed by atoms with van der Waals surface area (Å²) in [5, 5.41) is 3.59. The van der Waals surface area contributed by atoms with E-state index >= 15 is 0 Å². The molecule has 56 heavy (non-hydrogen) atoms. The first-order chi connectivity index (χ1) is 27.8. The summed E-state index contributed by atoms with van der Waals surface area (Å²) in [6.07, 6.45) is 6.65. The molecule has 264 valence electrons. The van der Waals surface area contributed by atoms with E-state index < -0.39 is 0 Å². The Kier molecular flexibility index (Phi) is 7.56. The van der Waals surface area contributed by atoms with Crippen LogP contribution in [0.3, 0.4) is 0 Å². The zero-order valence-electron chi connectivity index (χ0n) is 30.5. The van der Waals surface area contributed by atoms with Gasteiger partial charge in [-0.25, -0.2) is 4.98 Å². The van der Waals surface area contributed by atoms with Crippen molar-refractivity contribution in [2.75, 3.05) is 0 Å². The predicted molar refractivity (Wildman–Crippen MR) is 230 cm³/mol. The van der Waals surface area contributed by atoms with Crippen LogP contribution in [0.25, 0.3) is 95.5 Å². The number of benzene rings is 7. The van der Waals surface area contributed by atoms with Crippen molar-refractivity contribution in [2.24, 2.45) is 0 Å². The smallest absolute Gasteiger partial charge is 0.238 e. The lowest BCUT2D eigenvalue weighted by Gasteiger charge is -2.14. The highest BCUT2D eigenvalue weighted by atomic mass is 15.2. The van der Waals surface area contributed by atoms with E-state index in [2.05, 4.69) is 179 Å². The van der Waals surface area contributed by atoms with Crippen molar-refractivity contribution in [1.82, 2.24) is 24.1 Å². The van der Waals surface area contributed by atoms with Crippen LogP contribution in [0.5, 0.6) is 0 Å². The van der Waals surface area contributed by atoms with Gasteiger partial charge in [0.2, 0.25) is 5.95 Å². The number of para-hydroxylation sites is 1. The molecule has 7 aromatic carbocycles. The second-order valence-corrected chi connectivity index (χ2v) is 14.4. The Balaban J connectivity index is 1.14. The standard InChI is InChI=1S/C51H35N5/c1-4-15-34(16-5-1)37-27-29-47-43(32-37)44-33-38(35-17-6-2-7-18-35)28-30-48(44)56(47)51-53-49(36-19-8-3-9-20-36)52-50(54-51)39-21-14-22-40(31-39)55-45-25-12-10-23-41(45)42-24-11-13-26-46(42)55/h1-10,12-23,25-33H,11,24H2. The summed E-state index contributed by atoms with van der Waals surface area (Å²) in [5.74, 6) is 1.82. The van der Waals surface area contributed by atoms with E-state index in [4.69, 9.17) is 15.0 Å². The second kappa shape index (κ2) is 13.2. The quantitative estimate of drug-likeness (QED) is 0.172. The van der Waals surface area contributed by atoms with Crippen LogP contribution < -0.4 is 0 Å². The number of aromatic nitrogens is 5. The number of rotatable bonds is 6. The maximum absolute atomic E-state index is 5.32. The minimum Gasteiger partial charge on any atom is -0.310 e. The lowest BCUT2D eigenvalue weighted by Crippen LogP contribution is -2.07. The molecule has 5 heteroatoms. The van der Waals surface area contributed by atoms with E-state index in [9.17, 15) is 0 Å². The normalized spacial score (nSPS) is 12.4. The Morgan fingerprint density at radius 3 is 1.61 bits per heavy atom. The molecular formula is C51H35N5. The van der Waals surface area contributed by atoms with Crippen LogP contribution in [-0.4, -0.2) is 24.1 Å². The lowest BCUT2D eigenvalue weighted by molar-refractivity contribution is 0.952. The Hall–Kier alpha value is -7.37. The molecule has 5 nitrogen and oxygen atoms in total. The van der Waals surface area contributed by atoms with Crippen molar-refractivity contribution in [3.8, 4) is 56.7 Å². The van der Waals surface area contributed by atoms with Gasteiger partial charge in [0.25, 0.3) is 0 Å². The van der Waals surface area contributed by atoms with E-state index in [0.717, 1.165) is 62.6 Å². The largest absolute Gasteiger partial charge is 0.310 e. The van der Waals surface area contributed by atoms with E-state index in [-0.39, 0.29) is 0 Å². The SMILES string of the molecule is C1=Cc2c(c3ccccc3n2-c2cccc(-c3nc(-c4ccccc4)nc(-n4c5ccc(-c6ccccc6)cc5c5cc(-c6ccccc6)ccc54)n3)c2)CC1. The summed E-state index contributed by atoms with van der Waals surface area (Å²) < 4.78 is 4.59. The minimum absolute atomic E-state index is 0.575. The second-order valence-electron chi connectivity index (χ2n) is 14.4. The molecule has 0 N–H and O–H groups in total. The third kappa shape index (κ3) is 5.36. The van der Waals surface area contributed by atoms with Crippen LogP contribution in [0.4, 0.5) is 0 Å². The molecule has 1 aliphatic carbocycles. The van der Waals surface area contributed by atoms with E-state index in [0.29, 0.717) is 17.6 Å². The molecule has 11 rings (SSSR count). The Bertz CT molecular complexity index is 3020. The molecule has 0 bridgehead atoms. The Morgan fingerprint density at radius 2 is 0.946 bits per heavy atom. The molecule has 0 aliphatic heterocycles. The summed E-state index contributed by atoms with van der Waals surface area (Å²) in [6, 6.07) is 62.1. The van der Waals surface area contributed by atoms with Crippen LogP contribution in [0, 0.1) is 0 Å². The summed E-state index contributed by atoms with van der Waals surface area (Å²) in [4.78, 5) is 15.7. The molecule has 0 saturated heterocycles. The number of hydrogen-bond acceptors (Lipinski definition) is 3. The molecule has 0 atom stereocenters. The summed E-state index contributed by atoms with van der Waals surface area (Å²) in [6.45, 7) is 0. The third-order valence-corrected chi connectivity index (χ3v) is 11.1. The van der Waals surface area contributed by atoms with Crippen molar-refractivity contribution >= 4 is 38.8 Å². The van der Waals surface area contributed by atoms with Gasteiger partial charge in [-0.2, -0.15) is 9.97 Å². The zero-order valence-corrected chi connectivity index (χ0v) is 30.5. The number of hydrogen-bond donors (Lipinski definition) is 0. The third-order valence-electron chi connectivity index (χ3n) is 11.1. The monoisotopic (exact) mass is 717 g/mol. The van der Waals surface area contributed by atoms with Crippen molar-refractivity contribution in [3.05, 3.63) is 193 Å². The number of allylic oxidation sites excluding steroid dienone is 1. The van der Waals surface area contributed by atoms with E-state index in [1.165, 1.54) is 33.3 Å². The molecule has 0 unspecified atom stereocenters. The van der Waals surface area contributed by atoms with Gasteiger partial charge in [0.1, 0.15) is 0 Å². The van der Waals surface area contributed by atoms with Gasteiger partial charge in [-0.1, -0.05) is 140 Å². The van der Waals surface area contributed by atoms with Crippen LogP contribution >= 0.6 is 0 Å². The predicted octanol–water partition coefficient (Wildman–Crippen LogP) is 12.5. The average molecular weight is 718 g/mol. The van der Waals surface area contributed by atoms with Gasteiger partial charge in [0.05, 0.1) is 16.6 Å². The molecule has 1 aliphatic rings. The van der Waals surface area contributed by atoms with Crippen LogP contribution in [0.1, 0.15) is 17.7 Å². The van der Waals surface area contributed by atoms with Gasteiger partial charge in [0.15, 0.2) is 11.6 Å². The van der Waals surface area contributed by atoms with Crippen LogP contribution in [-0.2, 0) is 6.42 Å². The summed E-state index contributed by atoms with van der Waals surface area (Å²) in [5.41, 5.74) is 13.5. The first-order valence-corrected chi connectivity index (χ1v) is 19.2. The number of nitrogens with zero attached hydrogens (tertiary/aromatic N) is 5. The molecule has 0 saturated carbocycles. The lowest BCUT2D eigenvalue weighted by atomic mass is 10.0. The van der Waals surface area contributed by atoms with Gasteiger partial charge < -0.3 is 4.57 Å². The topological polar surface area (TPSA) is 48.5 Å². The van der Waals surface area contributed by atoms with E-state index in [1.807, 2.05) is 18.2 Å². The van der Waals surface area contributed by atoms with Gasteiger partial charge in [-0.3, -0.25) is 4.57 Å².